The highest BCUT2D eigenvalue weighted by molar-refractivity contribution is 14.0. The lowest BCUT2D eigenvalue weighted by molar-refractivity contribution is 0.0827. The Labute approximate surface area is 203 Å². The highest BCUT2D eigenvalue weighted by Crippen LogP contribution is 2.21. The molecule has 0 aromatic heterocycles. The summed E-state index contributed by atoms with van der Waals surface area (Å²) in [7, 11) is 3.56. The van der Waals surface area contributed by atoms with E-state index in [1.807, 2.05) is 18.2 Å². The predicted octanol–water partition coefficient (Wildman–Crippen LogP) is 4.08. The van der Waals surface area contributed by atoms with Gasteiger partial charge in [0, 0.05) is 45.8 Å². The van der Waals surface area contributed by atoms with Crippen LogP contribution in [-0.2, 0) is 12.8 Å². The molecule has 3 rings (SSSR count). The number of carbonyl (C=O) groups excluding carboxylic acids is 1. The van der Waals surface area contributed by atoms with Gasteiger partial charge in [-0.1, -0.05) is 42.5 Å². The first-order chi connectivity index (χ1) is 14.6. The van der Waals surface area contributed by atoms with E-state index in [2.05, 4.69) is 53.5 Å². The fraction of sp³-hybridized carbons (Fsp3) is 0.440. The summed E-state index contributed by atoms with van der Waals surface area (Å²) >= 11 is 0. The van der Waals surface area contributed by atoms with Crippen LogP contribution in [0, 0.1) is 5.92 Å². The number of nitrogens with zero attached hydrogens (tertiary/aromatic N) is 3. The fourth-order valence-corrected chi connectivity index (χ4v) is 3.97. The third-order valence-corrected chi connectivity index (χ3v) is 5.53. The molecule has 0 spiro atoms. The summed E-state index contributed by atoms with van der Waals surface area (Å²) in [6.45, 7) is 5.79. The van der Waals surface area contributed by atoms with E-state index in [1.165, 1.54) is 12.0 Å². The largest absolute Gasteiger partial charge is 0.357 e. The van der Waals surface area contributed by atoms with Crippen molar-refractivity contribution in [3.8, 4) is 0 Å². The molecule has 1 heterocycles. The van der Waals surface area contributed by atoms with Crippen LogP contribution in [0.5, 0.6) is 0 Å². The molecule has 2 aromatic rings. The number of carbonyl (C=O) groups is 1. The third kappa shape index (κ3) is 7.52. The number of amides is 1. The number of aliphatic imine (C=N–C) groups is 1. The van der Waals surface area contributed by atoms with E-state index < -0.39 is 0 Å². The van der Waals surface area contributed by atoms with Gasteiger partial charge in [-0.3, -0.25) is 9.79 Å². The van der Waals surface area contributed by atoms with Crippen LogP contribution in [-0.4, -0.2) is 61.9 Å². The third-order valence-electron chi connectivity index (χ3n) is 5.53. The number of benzene rings is 2. The van der Waals surface area contributed by atoms with Gasteiger partial charge in [-0.15, -0.1) is 24.0 Å². The lowest BCUT2D eigenvalue weighted by atomic mass is 9.99. The van der Waals surface area contributed by atoms with E-state index in [1.54, 1.807) is 19.0 Å². The highest BCUT2D eigenvalue weighted by Gasteiger charge is 2.24. The van der Waals surface area contributed by atoms with Crippen molar-refractivity contribution in [1.82, 2.24) is 15.1 Å². The second kappa shape index (κ2) is 12.7. The van der Waals surface area contributed by atoms with Crippen LogP contribution in [0.3, 0.4) is 0 Å². The van der Waals surface area contributed by atoms with Crippen molar-refractivity contribution in [3.63, 3.8) is 0 Å². The Hall–Kier alpha value is -2.09. The van der Waals surface area contributed by atoms with Crippen molar-refractivity contribution in [3.05, 3.63) is 71.3 Å². The average molecular weight is 534 g/mol. The predicted molar refractivity (Wildman–Crippen MR) is 139 cm³/mol. The topological polar surface area (TPSA) is 47.9 Å². The molecule has 1 fully saturated rings. The lowest BCUT2D eigenvalue weighted by Gasteiger charge is -2.22. The Balaban J connectivity index is 0.00000341. The molecule has 6 heteroatoms. The first-order valence-corrected chi connectivity index (χ1v) is 10.9. The van der Waals surface area contributed by atoms with Crippen molar-refractivity contribution in [1.29, 1.82) is 0 Å². The Morgan fingerprint density at radius 2 is 1.87 bits per heavy atom. The quantitative estimate of drug-likeness (QED) is 0.331. The van der Waals surface area contributed by atoms with Crippen LogP contribution in [0.1, 0.15) is 34.8 Å². The SMILES string of the molecule is CCNC(=NCCc1cccc(C(=O)N(C)C)c1)N1CCC(Cc2ccccc2)C1.I. The van der Waals surface area contributed by atoms with Crippen molar-refractivity contribution in [2.24, 2.45) is 10.9 Å². The van der Waals surface area contributed by atoms with Crippen molar-refractivity contribution < 1.29 is 4.79 Å². The van der Waals surface area contributed by atoms with Gasteiger partial charge in [-0.25, -0.2) is 0 Å². The molecule has 1 amide bonds. The molecule has 1 N–H and O–H groups in total. The molecule has 168 valence electrons. The molecule has 31 heavy (non-hydrogen) atoms. The van der Waals surface area contributed by atoms with Gasteiger partial charge < -0.3 is 15.1 Å². The average Bonchev–Trinajstić information content (AvgIpc) is 3.21. The molecule has 0 radical (unpaired) electrons. The summed E-state index contributed by atoms with van der Waals surface area (Å²) in [5.74, 6) is 1.72. The van der Waals surface area contributed by atoms with Crippen molar-refractivity contribution >= 4 is 35.8 Å². The number of hydrogen-bond acceptors (Lipinski definition) is 2. The second-order valence-corrected chi connectivity index (χ2v) is 8.18. The number of halogens is 1. The van der Waals surface area contributed by atoms with Crippen LogP contribution in [0.25, 0.3) is 0 Å². The molecule has 1 atom stereocenters. The molecule has 1 saturated heterocycles. The molecule has 5 nitrogen and oxygen atoms in total. The standard InChI is InChI=1S/C25H34N4O.HI/c1-4-26-25(29-16-14-22(19-29)17-20-9-6-5-7-10-20)27-15-13-21-11-8-12-23(18-21)24(30)28(2)3;/h5-12,18,22H,4,13-17,19H2,1-3H3,(H,26,27);1H. The highest BCUT2D eigenvalue weighted by atomic mass is 127. The van der Waals surface area contributed by atoms with Crippen LogP contribution < -0.4 is 5.32 Å². The molecule has 2 aromatic carbocycles. The normalized spacial score (nSPS) is 16.0. The molecule has 1 aliphatic heterocycles. The van der Waals surface area contributed by atoms with E-state index in [9.17, 15) is 4.79 Å². The maximum atomic E-state index is 12.2. The Kier molecular flexibility index (Phi) is 10.3. The van der Waals surface area contributed by atoms with Crippen LogP contribution in [0.15, 0.2) is 59.6 Å². The molecule has 0 aliphatic carbocycles. The minimum atomic E-state index is 0. The van der Waals surface area contributed by atoms with E-state index in [-0.39, 0.29) is 29.9 Å². The van der Waals surface area contributed by atoms with Crippen molar-refractivity contribution in [2.45, 2.75) is 26.2 Å². The van der Waals surface area contributed by atoms with E-state index in [0.29, 0.717) is 12.5 Å². The van der Waals surface area contributed by atoms with Gasteiger partial charge in [0.1, 0.15) is 0 Å². The number of guanidine groups is 1. The van der Waals surface area contributed by atoms with E-state index >= 15 is 0 Å². The first kappa shape index (κ1) is 25.2. The lowest BCUT2D eigenvalue weighted by Crippen LogP contribution is -2.40. The summed E-state index contributed by atoms with van der Waals surface area (Å²) in [5.41, 5.74) is 3.29. The van der Waals surface area contributed by atoms with E-state index in [0.717, 1.165) is 49.6 Å². The molecule has 1 unspecified atom stereocenters. The Morgan fingerprint density at radius 3 is 2.58 bits per heavy atom. The molecule has 0 bridgehead atoms. The zero-order valence-electron chi connectivity index (χ0n) is 18.9. The monoisotopic (exact) mass is 534 g/mol. The Bertz CT molecular complexity index is 854. The van der Waals surface area contributed by atoms with Gasteiger partial charge in [0.05, 0.1) is 0 Å². The van der Waals surface area contributed by atoms with Gasteiger partial charge in [0.15, 0.2) is 5.96 Å². The number of likely N-dealkylation sites (tertiary alicyclic amines) is 1. The van der Waals surface area contributed by atoms with Crippen LogP contribution in [0.4, 0.5) is 0 Å². The number of nitrogens with one attached hydrogen (secondary N) is 1. The second-order valence-electron chi connectivity index (χ2n) is 8.18. The van der Waals surface area contributed by atoms with Gasteiger partial charge >= 0.3 is 0 Å². The summed E-state index contributed by atoms with van der Waals surface area (Å²) in [5, 5.41) is 3.45. The van der Waals surface area contributed by atoms with E-state index in [4.69, 9.17) is 4.99 Å². The van der Waals surface area contributed by atoms with Crippen molar-refractivity contribution in [2.75, 3.05) is 40.3 Å². The minimum Gasteiger partial charge on any atom is -0.357 e. The maximum Gasteiger partial charge on any atom is 0.253 e. The molecule has 0 saturated carbocycles. The van der Waals surface area contributed by atoms with Gasteiger partial charge in [0.25, 0.3) is 5.91 Å². The number of hydrogen-bond donors (Lipinski definition) is 1. The zero-order chi connectivity index (χ0) is 21.3. The van der Waals surface area contributed by atoms with Gasteiger partial charge in [0.2, 0.25) is 0 Å². The number of rotatable bonds is 7. The summed E-state index contributed by atoms with van der Waals surface area (Å²) in [4.78, 5) is 21.1. The van der Waals surface area contributed by atoms with Crippen LogP contribution >= 0.6 is 24.0 Å². The molecular formula is C25H35IN4O. The van der Waals surface area contributed by atoms with Gasteiger partial charge in [-0.2, -0.15) is 0 Å². The fourth-order valence-electron chi connectivity index (χ4n) is 3.97. The molecule has 1 aliphatic rings. The first-order valence-electron chi connectivity index (χ1n) is 10.9. The summed E-state index contributed by atoms with van der Waals surface area (Å²) < 4.78 is 0. The summed E-state index contributed by atoms with van der Waals surface area (Å²) in [6, 6.07) is 18.6. The Morgan fingerprint density at radius 1 is 1.13 bits per heavy atom. The molecular weight excluding hydrogens is 499 g/mol. The van der Waals surface area contributed by atoms with Gasteiger partial charge in [-0.05, 0) is 55.4 Å². The maximum absolute atomic E-state index is 12.2. The smallest absolute Gasteiger partial charge is 0.253 e. The minimum absolute atomic E-state index is 0. The summed E-state index contributed by atoms with van der Waals surface area (Å²) in [6.07, 6.45) is 3.15. The zero-order valence-corrected chi connectivity index (χ0v) is 21.2. The van der Waals surface area contributed by atoms with Crippen LogP contribution in [0.2, 0.25) is 0 Å².